The number of hydrazine groups is 1. The van der Waals surface area contributed by atoms with E-state index in [1.54, 1.807) is 12.1 Å². The molecule has 0 aliphatic heterocycles. The first-order valence-corrected chi connectivity index (χ1v) is 7.98. The fourth-order valence-electron chi connectivity index (χ4n) is 2.78. The Morgan fingerprint density at radius 1 is 1.08 bits per heavy atom. The minimum Gasteiger partial charge on any atom is -0.484 e. The molecule has 1 aromatic rings. The number of amides is 2. The van der Waals surface area contributed by atoms with Crippen LogP contribution in [0.15, 0.2) is 24.3 Å². The molecule has 3 N–H and O–H groups in total. The van der Waals surface area contributed by atoms with Crippen LogP contribution in [0.25, 0.3) is 0 Å². The summed E-state index contributed by atoms with van der Waals surface area (Å²) < 4.78 is 5.30. The lowest BCUT2D eigenvalue weighted by atomic mass is 9.79. The van der Waals surface area contributed by atoms with Crippen LogP contribution in [-0.4, -0.2) is 29.5 Å². The van der Waals surface area contributed by atoms with E-state index in [0.717, 1.165) is 18.4 Å². The van der Waals surface area contributed by atoms with Crippen molar-refractivity contribution in [2.24, 2.45) is 11.8 Å². The Hall–Kier alpha value is -2.57. The van der Waals surface area contributed by atoms with Crippen molar-refractivity contribution in [1.82, 2.24) is 10.9 Å². The van der Waals surface area contributed by atoms with Gasteiger partial charge < -0.3 is 9.84 Å². The highest BCUT2D eigenvalue weighted by molar-refractivity contribution is 5.87. The van der Waals surface area contributed by atoms with Gasteiger partial charge in [-0.15, -0.1) is 0 Å². The fraction of sp³-hybridized carbons (Fsp3) is 0.471. The lowest BCUT2D eigenvalue weighted by Crippen LogP contribution is -2.49. The van der Waals surface area contributed by atoms with Gasteiger partial charge in [-0.2, -0.15) is 0 Å². The maximum Gasteiger partial charge on any atom is 0.307 e. The van der Waals surface area contributed by atoms with Crippen molar-refractivity contribution in [2.75, 3.05) is 6.61 Å². The third kappa shape index (κ3) is 4.97. The van der Waals surface area contributed by atoms with Crippen molar-refractivity contribution in [3.05, 3.63) is 29.8 Å². The molecular weight excluding hydrogens is 312 g/mol. The standard InChI is InChI=1S/C17H22N2O5/c1-11-6-8-12(9-7-11)24-10-15(20)18-19-16(21)13-4-2-3-5-14(13)17(22)23/h6-9,13-14H,2-5,10H2,1H3,(H,18,20)(H,19,21)(H,22,23)/t13-,14-/m1/s1. The largest absolute Gasteiger partial charge is 0.484 e. The molecule has 0 spiro atoms. The van der Waals surface area contributed by atoms with Gasteiger partial charge in [-0.3, -0.25) is 25.2 Å². The van der Waals surface area contributed by atoms with Gasteiger partial charge in [-0.05, 0) is 31.9 Å². The van der Waals surface area contributed by atoms with Gasteiger partial charge in [-0.1, -0.05) is 30.5 Å². The maximum atomic E-state index is 12.1. The summed E-state index contributed by atoms with van der Waals surface area (Å²) in [5, 5.41) is 9.18. The molecule has 7 nitrogen and oxygen atoms in total. The van der Waals surface area contributed by atoms with Crippen molar-refractivity contribution in [3.8, 4) is 5.75 Å². The molecule has 2 rings (SSSR count). The van der Waals surface area contributed by atoms with E-state index in [1.807, 2.05) is 19.1 Å². The maximum absolute atomic E-state index is 12.1. The summed E-state index contributed by atoms with van der Waals surface area (Å²) in [5.41, 5.74) is 5.65. The third-order valence-corrected chi connectivity index (χ3v) is 4.14. The van der Waals surface area contributed by atoms with Crippen LogP contribution in [0.2, 0.25) is 0 Å². The van der Waals surface area contributed by atoms with Crippen molar-refractivity contribution in [3.63, 3.8) is 0 Å². The molecule has 1 aliphatic carbocycles. The average molecular weight is 334 g/mol. The first-order valence-electron chi connectivity index (χ1n) is 7.98. The number of rotatable bonds is 5. The molecule has 130 valence electrons. The van der Waals surface area contributed by atoms with E-state index in [0.29, 0.717) is 18.6 Å². The first-order chi connectivity index (χ1) is 11.5. The van der Waals surface area contributed by atoms with Crippen LogP contribution in [0.3, 0.4) is 0 Å². The molecule has 0 unspecified atom stereocenters. The predicted octanol–water partition coefficient (Wildman–Crippen LogP) is 1.41. The first kappa shape index (κ1) is 17.8. The topological polar surface area (TPSA) is 105 Å². The van der Waals surface area contributed by atoms with Crippen molar-refractivity contribution >= 4 is 17.8 Å². The number of aliphatic carboxylic acids is 1. The van der Waals surface area contributed by atoms with E-state index in [9.17, 15) is 19.5 Å². The molecule has 1 fully saturated rings. The number of carbonyl (C=O) groups excluding carboxylic acids is 2. The molecule has 1 saturated carbocycles. The molecule has 1 aromatic carbocycles. The Kier molecular flexibility index (Phi) is 6.17. The molecule has 2 atom stereocenters. The summed E-state index contributed by atoms with van der Waals surface area (Å²) >= 11 is 0. The van der Waals surface area contributed by atoms with Gasteiger partial charge in [0, 0.05) is 0 Å². The molecule has 7 heteroatoms. The predicted molar refractivity (Wildman–Crippen MR) is 86.0 cm³/mol. The number of hydrogen-bond donors (Lipinski definition) is 3. The molecule has 1 aliphatic rings. The highest BCUT2D eigenvalue weighted by atomic mass is 16.5. The molecule has 0 heterocycles. The van der Waals surface area contributed by atoms with Crippen molar-refractivity contribution in [1.29, 1.82) is 0 Å². The van der Waals surface area contributed by atoms with Crippen LogP contribution in [-0.2, 0) is 14.4 Å². The second-order valence-electron chi connectivity index (χ2n) is 5.97. The van der Waals surface area contributed by atoms with Gasteiger partial charge in [0.05, 0.1) is 11.8 Å². The Labute approximate surface area is 140 Å². The number of carboxylic acid groups (broad SMARTS) is 1. The van der Waals surface area contributed by atoms with Crippen LogP contribution in [0.4, 0.5) is 0 Å². The Morgan fingerprint density at radius 3 is 2.33 bits per heavy atom. The zero-order valence-corrected chi connectivity index (χ0v) is 13.6. The van der Waals surface area contributed by atoms with E-state index in [4.69, 9.17) is 4.74 Å². The molecule has 0 bridgehead atoms. The highest BCUT2D eigenvalue weighted by Gasteiger charge is 2.35. The minimum absolute atomic E-state index is 0.240. The van der Waals surface area contributed by atoms with Crippen LogP contribution in [0.1, 0.15) is 31.2 Å². The molecule has 24 heavy (non-hydrogen) atoms. The number of carbonyl (C=O) groups is 3. The molecule has 0 aromatic heterocycles. The zero-order chi connectivity index (χ0) is 17.5. The van der Waals surface area contributed by atoms with Crippen molar-refractivity contribution < 1.29 is 24.2 Å². The summed E-state index contributed by atoms with van der Waals surface area (Å²) in [4.78, 5) is 35.0. The van der Waals surface area contributed by atoms with E-state index in [1.165, 1.54) is 0 Å². The van der Waals surface area contributed by atoms with Crippen molar-refractivity contribution in [2.45, 2.75) is 32.6 Å². The van der Waals surface area contributed by atoms with E-state index in [2.05, 4.69) is 10.9 Å². The van der Waals surface area contributed by atoms with Crippen LogP contribution in [0.5, 0.6) is 5.75 Å². The highest BCUT2D eigenvalue weighted by Crippen LogP contribution is 2.30. The van der Waals surface area contributed by atoms with Gasteiger partial charge in [0.25, 0.3) is 5.91 Å². The summed E-state index contributed by atoms with van der Waals surface area (Å²) in [5.74, 6) is -2.70. The second kappa shape index (κ2) is 8.33. The number of benzene rings is 1. The van der Waals surface area contributed by atoms with Gasteiger partial charge in [0.15, 0.2) is 6.61 Å². The molecular formula is C17H22N2O5. The van der Waals surface area contributed by atoms with Gasteiger partial charge in [-0.25, -0.2) is 0 Å². The number of carboxylic acids is 1. The minimum atomic E-state index is -0.969. The Bertz CT molecular complexity index is 600. The van der Waals surface area contributed by atoms with E-state index < -0.39 is 29.6 Å². The Balaban J connectivity index is 1.77. The number of hydrogen-bond acceptors (Lipinski definition) is 4. The number of ether oxygens (including phenoxy) is 1. The lowest BCUT2D eigenvalue weighted by Gasteiger charge is -2.27. The monoisotopic (exact) mass is 334 g/mol. The fourth-order valence-corrected chi connectivity index (χ4v) is 2.78. The van der Waals surface area contributed by atoms with E-state index in [-0.39, 0.29) is 6.61 Å². The van der Waals surface area contributed by atoms with E-state index >= 15 is 0 Å². The van der Waals surface area contributed by atoms with Gasteiger partial charge in [0.1, 0.15) is 5.75 Å². The summed E-state index contributed by atoms with van der Waals surface area (Å²) in [6.07, 6.45) is 2.61. The molecule has 0 saturated heterocycles. The average Bonchev–Trinajstić information content (AvgIpc) is 2.59. The quantitative estimate of drug-likeness (QED) is 0.706. The van der Waals surface area contributed by atoms with Crippen LogP contribution < -0.4 is 15.6 Å². The summed E-state index contributed by atoms with van der Waals surface area (Å²) in [6, 6.07) is 7.23. The Morgan fingerprint density at radius 2 is 1.71 bits per heavy atom. The second-order valence-corrected chi connectivity index (χ2v) is 5.97. The zero-order valence-electron chi connectivity index (χ0n) is 13.6. The normalized spacial score (nSPS) is 20.0. The third-order valence-electron chi connectivity index (χ3n) is 4.14. The number of nitrogens with one attached hydrogen (secondary N) is 2. The van der Waals surface area contributed by atoms with Gasteiger partial charge in [0.2, 0.25) is 5.91 Å². The van der Waals surface area contributed by atoms with Crippen LogP contribution in [0, 0.1) is 18.8 Å². The number of aryl methyl sites for hydroxylation is 1. The smallest absolute Gasteiger partial charge is 0.307 e. The SMILES string of the molecule is Cc1ccc(OCC(=O)NNC(=O)[C@@H]2CCCC[C@H]2C(=O)O)cc1. The summed E-state index contributed by atoms with van der Waals surface area (Å²) in [6.45, 7) is 1.71. The summed E-state index contributed by atoms with van der Waals surface area (Å²) in [7, 11) is 0. The lowest BCUT2D eigenvalue weighted by molar-refractivity contribution is -0.149. The van der Waals surface area contributed by atoms with Crippen LogP contribution >= 0.6 is 0 Å². The van der Waals surface area contributed by atoms with Gasteiger partial charge >= 0.3 is 5.97 Å². The molecule has 0 radical (unpaired) electrons. The molecule has 2 amide bonds.